The number of esters is 1. The number of likely N-dealkylation sites (tertiary alicyclic amines) is 1. The van der Waals surface area contributed by atoms with Gasteiger partial charge in [0.1, 0.15) is 5.82 Å². The maximum Gasteiger partial charge on any atom is 0.310 e. The predicted molar refractivity (Wildman–Crippen MR) is 174 cm³/mol. The third-order valence-corrected chi connectivity index (χ3v) is 9.37. The van der Waals surface area contributed by atoms with Crippen LogP contribution in [-0.4, -0.2) is 91.4 Å². The van der Waals surface area contributed by atoms with Crippen molar-refractivity contribution >= 4 is 29.5 Å². The molecule has 0 aliphatic carbocycles. The average Bonchev–Trinajstić information content (AvgIpc) is 3.56. The number of nitrogens with zero attached hydrogens (tertiary/aromatic N) is 5. The molecule has 0 spiro atoms. The van der Waals surface area contributed by atoms with E-state index in [2.05, 4.69) is 21.9 Å². The Kier molecular flexibility index (Phi) is 10.6. The van der Waals surface area contributed by atoms with Gasteiger partial charge in [0.05, 0.1) is 24.8 Å². The molecule has 0 bridgehead atoms. The fourth-order valence-corrected chi connectivity index (χ4v) is 6.89. The number of methoxy groups -OCH3 is 1. The highest BCUT2D eigenvalue weighted by atomic mass is 32.2. The highest BCUT2D eigenvalue weighted by molar-refractivity contribution is 7.98. The van der Waals surface area contributed by atoms with Crippen LogP contribution in [0.1, 0.15) is 46.9 Å². The van der Waals surface area contributed by atoms with E-state index in [1.54, 1.807) is 30.7 Å². The van der Waals surface area contributed by atoms with Crippen molar-refractivity contribution in [1.82, 2.24) is 19.8 Å². The van der Waals surface area contributed by atoms with Crippen LogP contribution in [0.3, 0.4) is 0 Å². The molecule has 3 aromatic rings. The number of ether oxygens (including phenoxy) is 4. The molecule has 4 heterocycles. The molecule has 1 atom stereocenters. The molecule has 2 saturated heterocycles. The third-order valence-electron chi connectivity index (χ3n) is 8.45. The summed E-state index contributed by atoms with van der Waals surface area (Å²) in [6.07, 6.45) is 1.54. The smallest absolute Gasteiger partial charge is 0.310 e. The van der Waals surface area contributed by atoms with Crippen LogP contribution in [0, 0.1) is 5.92 Å². The molecule has 3 aliphatic rings. The molecule has 46 heavy (non-hydrogen) atoms. The number of hydrogen-bond donors (Lipinski definition) is 0. The number of benzene rings is 2. The summed E-state index contributed by atoms with van der Waals surface area (Å²) in [5.74, 6) is 2.60. The summed E-state index contributed by atoms with van der Waals surface area (Å²) < 4.78 is 21.6. The van der Waals surface area contributed by atoms with E-state index < -0.39 is 0 Å². The zero-order chi connectivity index (χ0) is 31.9. The molecule has 2 aromatic carbocycles. The highest BCUT2D eigenvalue weighted by Crippen LogP contribution is 2.33. The number of carbonyl (C=O) groups is 2. The molecule has 1 amide bonds. The fourth-order valence-electron chi connectivity index (χ4n) is 6.08. The number of thioether (sulfide) groups is 1. The second-order valence-corrected chi connectivity index (χ2v) is 12.7. The Labute approximate surface area is 274 Å². The summed E-state index contributed by atoms with van der Waals surface area (Å²) in [7, 11) is 1.67. The van der Waals surface area contributed by atoms with Crippen LogP contribution in [0.4, 0.5) is 5.82 Å². The second-order valence-electron chi connectivity index (χ2n) is 11.7. The topological polar surface area (TPSA) is 107 Å². The van der Waals surface area contributed by atoms with Crippen LogP contribution in [0.25, 0.3) is 0 Å². The number of piperazine rings is 1. The van der Waals surface area contributed by atoms with Gasteiger partial charge in [-0.2, -0.15) is 0 Å². The van der Waals surface area contributed by atoms with E-state index in [0.29, 0.717) is 42.8 Å². The lowest BCUT2D eigenvalue weighted by molar-refractivity contribution is -0.149. The van der Waals surface area contributed by atoms with Crippen LogP contribution in [0.5, 0.6) is 11.5 Å². The van der Waals surface area contributed by atoms with Crippen molar-refractivity contribution in [1.29, 1.82) is 0 Å². The van der Waals surface area contributed by atoms with Gasteiger partial charge in [-0.3, -0.25) is 14.5 Å². The molecule has 11 nitrogen and oxygen atoms in total. The first kappa shape index (κ1) is 32.1. The largest absolute Gasteiger partial charge is 0.466 e. The van der Waals surface area contributed by atoms with E-state index in [-0.39, 0.29) is 24.6 Å². The quantitative estimate of drug-likeness (QED) is 0.168. The SMILES string of the molecule is CCOC(=O)[C@@H]1CCCN(C(=O)c2cccc(CSc3nc(COC)cc(N4CCN(Cc5ccc6c(c5)OCO6)CC4)n3)c2)C1. The van der Waals surface area contributed by atoms with Crippen LogP contribution in [0.2, 0.25) is 0 Å². The zero-order valence-electron chi connectivity index (χ0n) is 26.5. The van der Waals surface area contributed by atoms with Crippen molar-refractivity contribution < 1.29 is 28.5 Å². The molecule has 3 aliphatic heterocycles. The van der Waals surface area contributed by atoms with E-state index >= 15 is 0 Å². The molecule has 244 valence electrons. The van der Waals surface area contributed by atoms with Gasteiger partial charge in [0.25, 0.3) is 5.91 Å². The van der Waals surface area contributed by atoms with Crippen LogP contribution in [-0.2, 0) is 33.2 Å². The monoisotopic (exact) mass is 647 g/mol. The number of carbonyl (C=O) groups excluding carboxylic acids is 2. The number of aromatic nitrogens is 2. The Hall–Kier alpha value is -3.87. The zero-order valence-corrected chi connectivity index (χ0v) is 27.3. The summed E-state index contributed by atoms with van der Waals surface area (Å²) in [6, 6.07) is 15.9. The first-order valence-corrected chi connectivity index (χ1v) is 16.9. The maximum absolute atomic E-state index is 13.4. The minimum absolute atomic E-state index is 0.0563. The van der Waals surface area contributed by atoms with Gasteiger partial charge >= 0.3 is 5.97 Å². The van der Waals surface area contributed by atoms with Gasteiger partial charge in [-0.15, -0.1) is 0 Å². The average molecular weight is 648 g/mol. The van der Waals surface area contributed by atoms with Gasteiger partial charge in [-0.1, -0.05) is 30.0 Å². The van der Waals surface area contributed by atoms with Crippen molar-refractivity contribution in [2.24, 2.45) is 5.92 Å². The van der Waals surface area contributed by atoms with Crippen LogP contribution < -0.4 is 14.4 Å². The van der Waals surface area contributed by atoms with Crippen molar-refractivity contribution in [3.63, 3.8) is 0 Å². The van der Waals surface area contributed by atoms with E-state index in [1.807, 2.05) is 36.4 Å². The van der Waals surface area contributed by atoms with Crippen molar-refractivity contribution in [2.75, 3.05) is 64.7 Å². The fraction of sp³-hybridized carbons (Fsp3) is 0.471. The molecule has 0 unspecified atom stereocenters. The Morgan fingerprint density at radius 2 is 1.83 bits per heavy atom. The Morgan fingerprint density at radius 1 is 0.978 bits per heavy atom. The standard InChI is InChI=1S/C34H41N5O6S/c1-3-43-33(41)27-8-5-11-39(20-27)32(40)26-7-4-6-25(16-26)22-46-34-35-28(21-42-2)18-31(36-34)38-14-12-37(13-15-38)19-24-9-10-29-30(17-24)45-23-44-29/h4,6-7,9-10,16-18,27H,3,5,8,11-15,19-23H2,1-2H3/t27-/m1/s1. The summed E-state index contributed by atoms with van der Waals surface area (Å²) in [5, 5.41) is 0.678. The summed E-state index contributed by atoms with van der Waals surface area (Å²) >= 11 is 1.55. The molecule has 6 rings (SSSR count). The van der Waals surface area contributed by atoms with Gasteiger partial charge in [-0.25, -0.2) is 9.97 Å². The van der Waals surface area contributed by atoms with Gasteiger partial charge in [0.15, 0.2) is 16.7 Å². The van der Waals surface area contributed by atoms with E-state index in [4.69, 9.17) is 28.9 Å². The van der Waals surface area contributed by atoms with E-state index in [0.717, 1.165) is 74.1 Å². The summed E-state index contributed by atoms with van der Waals surface area (Å²) in [5.41, 5.74) is 3.68. The van der Waals surface area contributed by atoms with Gasteiger partial charge in [0.2, 0.25) is 6.79 Å². The highest BCUT2D eigenvalue weighted by Gasteiger charge is 2.30. The Morgan fingerprint density at radius 3 is 2.65 bits per heavy atom. The van der Waals surface area contributed by atoms with Crippen molar-refractivity contribution in [3.05, 3.63) is 70.9 Å². The molecule has 0 radical (unpaired) electrons. The summed E-state index contributed by atoms with van der Waals surface area (Å²) in [6.45, 7) is 8.28. The number of piperidine rings is 1. The molecule has 0 saturated carbocycles. The van der Waals surface area contributed by atoms with Crippen LogP contribution in [0.15, 0.2) is 53.7 Å². The number of anilines is 1. The minimum atomic E-state index is -0.264. The Balaban J connectivity index is 1.06. The lowest BCUT2D eigenvalue weighted by Crippen LogP contribution is -2.46. The minimum Gasteiger partial charge on any atom is -0.466 e. The molecule has 0 N–H and O–H groups in total. The van der Waals surface area contributed by atoms with Gasteiger partial charge < -0.3 is 28.7 Å². The number of amides is 1. The molecular weight excluding hydrogens is 606 g/mol. The lowest BCUT2D eigenvalue weighted by atomic mass is 9.97. The summed E-state index contributed by atoms with van der Waals surface area (Å²) in [4.78, 5) is 41.9. The third kappa shape index (κ3) is 7.91. The second kappa shape index (κ2) is 15.1. The maximum atomic E-state index is 13.4. The first-order chi connectivity index (χ1) is 22.5. The predicted octanol–water partition coefficient (Wildman–Crippen LogP) is 4.38. The Bertz CT molecular complexity index is 1530. The normalized spacial score (nSPS) is 18.1. The first-order valence-electron chi connectivity index (χ1n) is 15.9. The van der Waals surface area contributed by atoms with Crippen molar-refractivity contribution in [2.45, 2.75) is 43.8 Å². The van der Waals surface area contributed by atoms with Gasteiger partial charge in [-0.05, 0) is 55.2 Å². The van der Waals surface area contributed by atoms with E-state index in [9.17, 15) is 9.59 Å². The van der Waals surface area contributed by atoms with Crippen molar-refractivity contribution in [3.8, 4) is 11.5 Å². The number of fused-ring (bicyclic) bond motifs is 1. The number of rotatable bonds is 11. The molecular formula is C34H41N5O6S. The van der Waals surface area contributed by atoms with Crippen LogP contribution >= 0.6 is 11.8 Å². The molecule has 2 fully saturated rings. The van der Waals surface area contributed by atoms with Gasteiger partial charge in [0, 0.05) is 70.3 Å². The molecule has 1 aromatic heterocycles. The lowest BCUT2D eigenvalue weighted by Gasteiger charge is -2.35. The molecule has 12 heteroatoms. The van der Waals surface area contributed by atoms with E-state index in [1.165, 1.54) is 5.56 Å². The number of hydrogen-bond acceptors (Lipinski definition) is 11.